The number of carbonyl (C=O) groups is 1. The Balaban J connectivity index is 2.00. The maximum absolute atomic E-state index is 11.2. The predicted molar refractivity (Wildman–Crippen MR) is 93.2 cm³/mol. The van der Waals surface area contributed by atoms with E-state index in [1.54, 1.807) is 37.4 Å². The zero-order chi connectivity index (χ0) is 17.8. The van der Waals surface area contributed by atoms with Gasteiger partial charge in [-0.25, -0.2) is 5.10 Å². The Hall–Kier alpha value is -3.26. The third-order valence-corrected chi connectivity index (χ3v) is 3.76. The monoisotopic (exact) mass is 353 g/mol. The second-order valence-corrected chi connectivity index (χ2v) is 5.40. The van der Waals surface area contributed by atoms with Crippen molar-refractivity contribution in [3.63, 3.8) is 0 Å². The molecule has 0 unspecified atom stereocenters. The summed E-state index contributed by atoms with van der Waals surface area (Å²) in [5, 5.41) is 22.3. The molecular formula is C17H13N4O3S-. The Bertz CT molecular complexity index is 990. The highest BCUT2D eigenvalue weighted by atomic mass is 32.1. The van der Waals surface area contributed by atoms with Crippen LogP contribution >= 0.6 is 12.2 Å². The SMILES string of the molecule is COc1ccc(-c2n[nH]c(=S)n2/N=C\c2ccccc2C(=O)[O-])cc1. The van der Waals surface area contributed by atoms with Gasteiger partial charge < -0.3 is 14.6 Å². The molecule has 0 radical (unpaired) electrons. The van der Waals surface area contributed by atoms with Gasteiger partial charge >= 0.3 is 0 Å². The van der Waals surface area contributed by atoms with Crippen LogP contribution in [0.15, 0.2) is 53.6 Å². The van der Waals surface area contributed by atoms with Crippen LogP contribution in [-0.4, -0.2) is 34.2 Å². The van der Waals surface area contributed by atoms with E-state index >= 15 is 0 Å². The summed E-state index contributed by atoms with van der Waals surface area (Å²) in [6.07, 6.45) is 1.41. The van der Waals surface area contributed by atoms with Gasteiger partial charge in [-0.3, -0.25) is 0 Å². The summed E-state index contributed by atoms with van der Waals surface area (Å²) in [4.78, 5) is 11.2. The fourth-order valence-corrected chi connectivity index (χ4v) is 2.42. The molecule has 0 spiro atoms. The van der Waals surface area contributed by atoms with Crippen molar-refractivity contribution in [3.05, 3.63) is 64.4 Å². The summed E-state index contributed by atoms with van der Waals surface area (Å²) in [6, 6.07) is 13.7. The number of aromatic nitrogens is 3. The molecule has 2 aromatic carbocycles. The Kier molecular flexibility index (Phi) is 4.71. The molecule has 3 rings (SSSR count). The highest BCUT2D eigenvalue weighted by Gasteiger charge is 2.08. The molecule has 0 fully saturated rings. The third kappa shape index (κ3) is 3.48. The number of rotatable bonds is 5. The van der Waals surface area contributed by atoms with Crippen LogP contribution in [0, 0.1) is 4.77 Å². The number of hydrogen-bond acceptors (Lipinski definition) is 6. The van der Waals surface area contributed by atoms with Crippen molar-refractivity contribution in [1.29, 1.82) is 0 Å². The number of H-pyrrole nitrogens is 1. The van der Waals surface area contributed by atoms with Crippen LogP contribution in [0.4, 0.5) is 0 Å². The molecule has 7 nitrogen and oxygen atoms in total. The average molecular weight is 353 g/mol. The maximum atomic E-state index is 11.2. The summed E-state index contributed by atoms with van der Waals surface area (Å²) in [6.45, 7) is 0. The molecule has 3 aromatic rings. The summed E-state index contributed by atoms with van der Waals surface area (Å²) < 4.78 is 6.84. The van der Waals surface area contributed by atoms with Gasteiger partial charge in [0.05, 0.1) is 19.3 Å². The van der Waals surface area contributed by atoms with Gasteiger partial charge in [0, 0.05) is 16.7 Å². The molecule has 0 amide bonds. The molecule has 0 atom stereocenters. The van der Waals surface area contributed by atoms with E-state index in [9.17, 15) is 9.90 Å². The lowest BCUT2D eigenvalue weighted by molar-refractivity contribution is -0.255. The first-order valence-corrected chi connectivity index (χ1v) is 7.67. The first-order chi connectivity index (χ1) is 12.1. The summed E-state index contributed by atoms with van der Waals surface area (Å²) in [5.41, 5.74) is 1.23. The number of ether oxygens (including phenoxy) is 1. The molecule has 0 saturated heterocycles. The first-order valence-electron chi connectivity index (χ1n) is 7.26. The van der Waals surface area contributed by atoms with Gasteiger partial charge in [0.2, 0.25) is 4.77 Å². The van der Waals surface area contributed by atoms with E-state index in [2.05, 4.69) is 15.3 Å². The predicted octanol–water partition coefficient (Wildman–Crippen LogP) is 1.86. The zero-order valence-corrected chi connectivity index (χ0v) is 14.0. The molecular weight excluding hydrogens is 340 g/mol. The molecule has 0 aliphatic rings. The number of nitrogens with zero attached hydrogens (tertiary/aromatic N) is 3. The number of aromatic carboxylic acids is 1. The van der Waals surface area contributed by atoms with Crippen LogP contribution in [-0.2, 0) is 0 Å². The van der Waals surface area contributed by atoms with Gasteiger partial charge in [0.15, 0.2) is 5.82 Å². The third-order valence-electron chi connectivity index (χ3n) is 3.49. The number of methoxy groups -OCH3 is 1. The van der Waals surface area contributed by atoms with Gasteiger partial charge in [-0.2, -0.15) is 14.9 Å². The molecule has 0 aliphatic carbocycles. The highest BCUT2D eigenvalue weighted by Crippen LogP contribution is 2.20. The second kappa shape index (κ2) is 7.10. The van der Waals surface area contributed by atoms with Gasteiger partial charge in [0.25, 0.3) is 0 Å². The van der Waals surface area contributed by atoms with E-state index in [-0.39, 0.29) is 10.3 Å². The van der Waals surface area contributed by atoms with E-state index in [0.717, 1.165) is 11.3 Å². The van der Waals surface area contributed by atoms with Crippen molar-refractivity contribution in [2.45, 2.75) is 0 Å². The van der Waals surface area contributed by atoms with Crippen molar-refractivity contribution >= 4 is 24.4 Å². The number of carboxylic acid groups (broad SMARTS) is 1. The van der Waals surface area contributed by atoms with Crippen LogP contribution in [0.3, 0.4) is 0 Å². The molecule has 0 aliphatic heterocycles. The number of hydrogen-bond donors (Lipinski definition) is 1. The van der Waals surface area contributed by atoms with Crippen molar-refractivity contribution in [3.8, 4) is 17.1 Å². The summed E-state index contributed by atoms with van der Waals surface area (Å²) >= 11 is 5.20. The van der Waals surface area contributed by atoms with Crippen LogP contribution in [0.25, 0.3) is 11.4 Å². The molecule has 8 heteroatoms. The van der Waals surface area contributed by atoms with Crippen LogP contribution < -0.4 is 9.84 Å². The molecule has 1 aromatic heterocycles. The molecule has 1 heterocycles. The van der Waals surface area contributed by atoms with Gasteiger partial charge in [-0.15, -0.1) is 0 Å². The molecule has 1 N–H and O–H groups in total. The van der Waals surface area contributed by atoms with Crippen LogP contribution in [0.5, 0.6) is 5.75 Å². The summed E-state index contributed by atoms with van der Waals surface area (Å²) in [5.74, 6) is -0.0566. The van der Waals surface area contributed by atoms with E-state index in [1.165, 1.54) is 17.0 Å². The smallest absolute Gasteiger partial charge is 0.216 e. The van der Waals surface area contributed by atoms with Crippen LogP contribution in [0.1, 0.15) is 15.9 Å². The van der Waals surface area contributed by atoms with E-state index < -0.39 is 5.97 Å². The van der Waals surface area contributed by atoms with E-state index in [4.69, 9.17) is 17.0 Å². The second-order valence-electron chi connectivity index (χ2n) is 5.01. The standard InChI is InChI=1S/C17H14N4O3S/c1-24-13-8-6-11(7-9-13)15-19-20-17(25)21(15)18-10-12-4-2-3-5-14(12)16(22)23/h2-10H,1H3,(H,20,25)(H,22,23)/p-1/b18-10-. The number of aromatic amines is 1. The minimum atomic E-state index is -1.27. The lowest BCUT2D eigenvalue weighted by atomic mass is 10.1. The van der Waals surface area contributed by atoms with E-state index in [0.29, 0.717) is 11.4 Å². The Morgan fingerprint density at radius 1 is 1.28 bits per heavy atom. The summed E-state index contributed by atoms with van der Waals surface area (Å²) in [7, 11) is 1.59. The number of carboxylic acids is 1. The fourth-order valence-electron chi connectivity index (χ4n) is 2.24. The quantitative estimate of drug-likeness (QED) is 0.558. The maximum Gasteiger partial charge on any atom is 0.216 e. The molecule has 0 bridgehead atoms. The Labute approximate surface area is 148 Å². The van der Waals surface area contributed by atoms with Gasteiger partial charge in [-0.1, -0.05) is 24.3 Å². The average Bonchev–Trinajstić information content (AvgIpc) is 3.00. The Morgan fingerprint density at radius 3 is 2.68 bits per heavy atom. The molecule has 126 valence electrons. The fraction of sp³-hybridized carbons (Fsp3) is 0.0588. The zero-order valence-electron chi connectivity index (χ0n) is 13.2. The van der Waals surface area contributed by atoms with Crippen molar-refractivity contribution in [1.82, 2.24) is 14.9 Å². The lowest BCUT2D eigenvalue weighted by Crippen LogP contribution is -2.23. The van der Waals surface area contributed by atoms with Gasteiger partial charge in [0.1, 0.15) is 5.75 Å². The minimum Gasteiger partial charge on any atom is -0.545 e. The van der Waals surface area contributed by atoms with E-state index in [1.807, 2.05) is 12.1 Å². The topological polar surface area (TPSA) is 95.3 Å². The minimum absolute atomic E-state index is 0.0484. The normalized spacial score (nSPS) is 10.9. The number of nitrogens with one attached hydrogen (secondary N) is 1. The Morgan fingerprint density at radius 2 is 2.00 bits per heavy atom. The highest BCUT2D eigenvalue weighted by molar-refractivity contribution is 7.71. The number of benzene rings is 2. The number of carbonyl (C=O) groups excluding carboxylic acids is 1. The lowest BCUT2D eigenvalue weighted by Gasteiger charge is -2.06. The largest absolute Gasteiger partial charge is 0.545 e. The van der Waals surface area contributed by atoms with Gasteiger partial charge in [-0.05, 0) is 36.5 Å². The van der Waals surface area contributed by atoms with Crippen molar-refractivity contribution in [2.24, 2.45) is 5.10 Å². The molecule has 0 saturated carbocycles. The first kappa shape index (κ1) is 16.6. The molecule has 25 heavy (non-hydrogen) atoms. The van der Waals surface area contributed by atoms with Crippen molar-refractivity contribution < 1.29 is 14.6 Å². The van der Waals surface area contributed by atoms with Crippen LogP contribution in [0.2, 0.25) is 0 Å². The van der Waals surface area contributed by atoms with Crippen molar-refractivity contribution in [2.75, 3.05) is 7.11 Å².